The van der Waals surface area contributed by atoms with E-state index in [1.54, 1.807) is 6.07 Å². The topological polar surface area (TPSA) is 56.1 Å². The summed E-state index contributed by atoms with van der Waals surface area (Å²) in [5, 5.41) is 8.15. The van der Waals surface area contributed by atoms with Crippen molar-refractivity contribution in [3.8, 4) is 5.75 Å². The van der Waals surface area contributed by atoms with Gasteiger partial charge < -0.3 is 10.1 Å². The summed E-state index contributed by atoms with van der Waals surface area (Å²) < 4.78 is 8.88. The van der Waals surface area contributed by atoms with E-state index < -0.39 is 0 Å². The number of aromatic nitrogens is 2. The molecule has 30 heavy (non-hydrogen) atoms. The maximum Gasteiger partial charge on any atom is 0.251 e. The van der Waals surface area contributed by atoms with E-state index in [9.17, 15) is 4.79 Å². The van der Waals surface area contributed by atoms with Crippen molar-refractivity contribution in [2.24, 2.45) is 0 Å². The molecule has 0 aliphatic rings. The molecule has 1 amide bonds. The molecule has 158 valence electrons. The summed E-state index contributed by atoms with van der Waals surface area (Å²) in [6.07, 6.45) is 0.804. The van der Waals surface area contributed by atoms with Crippen LogP contribution in [0.5, 0.6) is 5.75 Å². The van der Waals surface area contributed by atoms with Crippen LogP contribution in [0.25, 0.3) is 0 Å². The zero-order valence-electron chi connectivity index (χ0n) is 17.3. The Kier molecular flexibility index (Phi) is 7.56. The first kappa shape index (κ1) is 22.4. The molecular formula is C23H25BrClN3O2. The van der Waals surface area contributed by atoms with E-state index in [-0.39, 0.29) is 5.91 Å². The summed E-state index contributed by atoms with van der Waals surface area (Å²) >= 11 is 9.52. The van der Waals surface area contributed by atoms with Gasteiger partial charge in [-0.15, -0.1) is 0 Å². The third kappa shape index (κ3) is 5.64. The lowest BCUT2D eigenvalue weighted by atomic mass is 10.1. The Morgan fingerprint density at radius 2 is 2.00 bits per heavy atom. The first-order valence-corrected chi connectivity index (χ1v) is 11.0. The van der Waals surface area contributed by atoms with Crippen LogP contribution in [0.15, 0.2) is 46.9 Å². The lowest BCUT2D eigenvalue weighted by Crippen LogP contribution is -2.25. The molecule has 0 fully saturated rings. The highest BCUT2D eigenvalue weighted by molar-refractivity contribution is 9.10. The van der Waals surface area contributed by atoms with Crippen LogP contribution in [0, 0.1) is 20.8 Å². The molecule has 2 aromatic carbocycles. The molecule has 0 unspecified atom stereocenters. The fourth-order valence-corrected chi connectivity index (χ4v) is 3.67. The Morgan fingerprint density at radius 3 is 2.70 bits per heavy atom. The Hall–Kier alpha value is -2.31. The van der Waals surface area contributed by atoms with E-state index in [1.165, 1.54) is 0 Å². The number of ether oxygens (including phenoxy) is 1. The number of aryl methyl sites for hydroxylation is 3. The average molecular weight is 491 g/mol. The first-order valence-electron chi connectivity index (χ1n) is 9.80. The number of hydrogen-bond acceptors (Lipinski definition) is 3. The standard InChI is InChI=1S/C23H25BrClN3O2/c1-15-12-20(25)8-9-21(15)30-14-18-6-4-7-19(13-18)23(29)26-10-5-11-28-17(3)22(24)16(2)27-28/h4,6-9,12-13H,5,10-11,14H2,1-3H3,(H,26,29). The van der Waals surface area contributed by atoms with Crippen LogP contribution >= 0.6 is 27.5 Å². The molecule has 0 radical (unpaired) electrons. The number of rotatable bonds is 8. The Balaban J connectivity index is 1.50. The Bertz CT molecular complexity index is 1050. The number of nitrogens with zero attached hydrogens (tertiary/aromatic N) is 2. The van der Waals surface area contributed by atoms with Crippen LogP contribution in [0.4, 0.5) is 0 Å². The minimum absolute atomic E-state index is 0.0888. The van der Waals surface area contributed by atoms with Gasteiger partial charge in [0.15, 0.2) is 0 Å². The van der Waals surface area contributed by atoms with Crippen molar-refractivity contribution < 1.29 is 9.53 Å². The van der Waals surface area contributed by atoms with E-state index in [4.69, 9.17) is 16.3 Å². The zero-order valence-corrected chi connectivity index (χ0v) is 19.7. The van der Waals surface area contributed by atoms with Crippen molar-refractivity contribution in [2.45, 2.75) is 40.3 Å². The van der Waals surface area contributed by atoms with Gasteiger partial charge in [0.25, 0.3) is 5.91 Å². The third-order valence-electron chi connectivity index (χ3n) is 4.85. The van der Waals surface area contributed by atoms with Crippen LogP contribution in [-0.4, -0.2) is 22.2 Å². The van der Waals surface area contributed by atoms with Crippen molar-refractivity contribution in [3.05, 3.63) is 80.0 Å². The van der Waals surface area contributed by atoms with Crippen LogP contribution in [-0.2, 0) is 13.2 Å². The van der Waals surface area contributed by atoms with E-state index in [2.05, 4.69) is 26.3 Å². The minimum Gasteiger partial charge on any atom is -0.489 e. The molecule has 3 rings (SSSR count). The fraction of sp³-hybridized carbons (Fsp3) is 0.304. The number of hydrogen-bond donors (Lipinski definition) is 1. The monoisotopic (exact) mass is 489 g/mol. The van der Waals surface area contributed by atoms with Crippen LogP contribution < -0.4 is 10.1 Å². The molecule has 3 aromatic rings. The van der Waals surface area contributed by atoms with Crippen molar-refractivity contribution in [1.29, 1.82) is 0 Å². The van der Waals surface area contributed by atoms with E-state index in [0.717, 1.165) is 45.7 Å². The highest BCUT2D eigenvalue weighted by Gasteiger charge is 2.10. The van der Waals surface area contributed by atoms with Gasteiger partial charge in [0.05, 0.1) is 10.2 Å². The van der Waals surface area contributed by atoms with E-state index in [0.29, 0.717) is 23.7 Å². The van der Waals surface area contributed by atoms with Crippen molar-refractivity contribution in [1.82, 2.24) is 15.1 Å². The number of amides is 1. The molecule has 1 N–H and O–H groups in total. The van der Waals surface area contributed by atoms with Gasteiger partial charge >= 0.3 is 0 Å². The smallest absolute Gasteiger partial charge is 0.251 e. The van der Waals surface area contributed by atoms with Gasteiger partial charge in [0.2, 0.25) is 0 Å². The highest BCUT2D eigenvalue weighted by Crippen LogP contribution is 2.23. The number of nitrogens with one attached hydrogen (secondary N) is 1. The molecule has 0 aliphatic heterocycles. The summed E-state index contributed by atoms with van der Waals surface area (Å²) in [7, 11) is 0. The molecule has 0 atom stereocenters. The molecule has 0 bridgehead atoms. The zero-order chi connectivity index (χ0) is 21.7. The summed E-state index contributed by atoms with van der Waals surface area (Å²) in [5.74, 6) is 0.694. The molecule has 5 nitrogen and oxygen atoms in total. The van der Waals surface area contributed by atoms with Gasteiger partial charge in [-0.2, -0.15) is 5.10 Å². The fourth-order valence-electron chi connectivity index (χ4n) is 3.16. The number of carbonyl (C=O) groups excluding carboxylic acids is 1. The third-order valence-corrected chi connectivity index (χ3v) is 6.23. The summed E-state index contributed by atoms with van der Waals surface area (Å²) in [6.45, 7) is 7.68. The van der Waals surface area contributed by atoms with Crippen molar-refractivity contribution >= 4 is 33.4 Å². The molecule has 1 aromatic heterocycles. The maximum absolute atomic E-state index is 12.5. The summed E-state index contributed by atoms with van der Waals surface area (Å²) in [5.41, 5.74) is 4.61. The second kappa shape index (κ2) is 10.1. The van der Waals surface area contributed by atoms with E-state index >= 15 is 0 Å². The second-order valence-electron chi connectivity index (χ2n) is 7.22. The van der Waals surface area contributed by atoms with Crippen molar-refractivity contribution in [3.63, 3.8) is 0 Å². The predicted octanol–water partition coefficient (Wildman–Crippen LogP) is 5.62. The molecule has 0 aliphatic carbocycles. The average Bonchev–Trinajstić information content (AvgIpc) is 2.97. The summed E-state index contributed by atoms with van der Waals surface area (Å²) in [6, 6.07) is 13.0. The summed E-state index contributed by atoms with van der Waals surface area (Å²) in [4.78, 5) is 12.5. The lowest BCUT2D eigenvalue weighted by Gasteiger charge is -2.11. The number of benzene rings is 2. The Morgan fingerprint density at radius 1 is 1.20 bits per heavy atom. The highest BCUT2D eigenvalue weighted by atomic mass is 79.9. The lowest BCUT2D eigenvalue weighted by molar-refractivity contribution is 0.0952. The maximum atomic E-state index is 12.5. The van der Waals surface area contributed by atoms with E-state index in [1.807, 2.05) is 61.9 Å². The normalized spacial score (nSPS) is 10.8. The van der Waals surface area contributed by atoms with Crippen molar-refractivity contribution in [2.75, 3.05) is 6.54 Å². The number of carbonyl (C=O) groups is 1. The molecule has 1 heterocycles. The molecule has 0 saturated carbocycles. The largest absolute Gasteiger partial charge is 0.489 e. The van der Waals surface area contributed by atoms with Gasteiger partial charge in [0, 0.05) is 29.4 Å². The quantitative estimate of drug-likeness (QED) is 0.417. The second-order valence-corrected chi connectivity index (χ2v) is 8.45. The van der Waals surface area contributed by atoms with Crippen LogP contribution in [0.3, 0.4) is 0 Å². The van der Waals surface area contributed by atoms with Gasteiger partial charge in [-0.05, 0) is 84.6 Å². The van der Waals surface area contributed by atoms with Gasteiger partial charge in [-0.3, -0.25) is 9.48 Å². The van der Waals surface area contributed by atoms with Crippen LogP contribution in [0.1, 0.15) is 39.3 Å². The minimum atomic E-state index is -0.0888. The van der Waals surface area contributed by atoms with Gasteiger partial charge in [0.1, 0.15) is 12.4 Å². The molecule has 0 spiro atoms. The van der Waals surface area contributed by atoms with Gasteiger partial charge in [-0.25, -0.2) is 0 Å². The predicted molar refractivity (Wildman–Crippen MR) is 123 cm³/mol. The molecule has 7 heteroatoms. The van der Waals surface area contributed by atoms with Gasteiger partial charge in [-0.1, -0.05) is 23.7 Å². The number of halogens is 2. The molecular weight excluding hydrogens is 466 g/mol. The SMILES string of the molecule is Cc1cc(Cl)ccc1OCc1cccc(C(=O)NCCCn2nc(C)c(Br)c2C)c1. The Labute approximate surface area is 190 Å². The first-order chi connectivity index (χ1) is 14.3. The molecule has 0 saturated heterocycles. The van der Waals surface area contributed by atoms with Crippen LogP contribution in [0.2, 0.25) is 5.02 Å².